The molecule has 0 aliphatic rings. The highest BCUT2D eigenvalue weighted by Gasteiger charge is 2.41. The number of anilines is 1. The van der Waals surface area contributed by atoms with Crippen molar-refractivity contribution in [3.63, 3.8) is 0 Å². The van der Waals surface area contributed by atoms with Crippen molar-refractivity contribution >= 4 is 21.9 Å². The van der Waals surface area contributed by atoms with Crippen LogP contribution in [0.1, 0.15) is 15.9 Å². The van der Waals surface area contributed by atoms with Crippen molar-refractivity contribution in [1.82, 2.24) is 15.0 Å². The zero-order valence-electron chi connectivity index (χ0n) is 13.7. The van der Waals surface area contributed by atoms with E-state index < -0.39 is 44.2 Å². The molecule has 0 saturated heterocycles. The lowest BCUT2D eigenvalue weighted by molar-refractivity contribution is -0.140. The fraction of sp³-hybridized carbons (Fsp3) is 0.231. The number of nitrogens with two attached hydrogens (primary N) is 1. The number of ether oxygens (including phenoxy) is 2. The molecule has 2 heterocycles. The summed E-state index contributed by atoms with van der Waals surface area (Å²) in [5.41, 5.74) is -2.84. The fourth-order valence-corrected chi connectivity index (χ4v) is 2.68. The molecule has 27 heavy (non-hydrogen) atoms. The highest BCUT2D eigenvalue weighted by molar-refractivity contribution is 7.89. The van der Waals surface area contributed by atoms with Gasteiger partial charge in [-0.2, -0.15) is 23.1 Å². The molecule has 10 nitrogen and oxygen atoms in total. The Morgan fingerprint density at radius 3 is 2.19 bits per heavy atom. The molecule has 0 aliphatic carbocycles. The van der Waals surface area contributed by atoms with Crippen LogP contribution in [0.3, 0.4) is 0 Å². The third-order valence-corrected chi connectivity index (χ3v) is 3.89. The first-order valence-electron chi connectivity index (χ1n) is 6.84. The smallest absolute Gasteiger partial charge is 0.420 e. The average molecular weight is 407 g/mol. The number of alkyl halides is 3. The monoisotopic (exact) mass is 407 g/mol. The number of rotatable bonds is 5. The number of sulfonamides is 1. The van der Waals surface area contributed by atoms with Gasteiger partial charge in [0.05, 0.1) is 25.8 Å². The molecule has 0 aliphatic heterocycles. The molecule has 14 heteroatoms. The van der Waals surface area contributed by atoms with Crippen LogP contribution in [0.15, 0.2) is 23.4 Å². The summed E-state index contributed by atoms with van der Waals surface area (Å²) in [5, 5.41) is 5.31. The van der Waals surface area contributed by atoms with Crippen LogP contribution in [0.4, 0.5) is 19.1 Å². The third-order valence-electron chi connectivity index (χ3n) is 3.04. The van der Waals surface area contributed by atoms with Gasteiger partial charge in [0.25, 0.3) is 15.9 Å². The molecule has 2 rings (SSSR count). The number of methoxy groups -OCH3 is 2. The van der Waals surface area contributed by atoms with Gasteiger partial charge in [-0.3, -0.25) is 10.1 Å². The normalized spacial score (nSPS) is 11.8. The van der Waals surface area contributed by atoms with Crippen molar-refractivity contribution in [2.45, 2.75) is 11.2 Å². The van der Waals surface area contributed by atoms with Crippen LogP contribution < -0.4 is 19.9 Å². The van der Waals surface area contributed by atoms with E-state index in [9.17, 15) is 26.4 Å². The maximum atomic E-state index is 13.4. The van der Waals surface area contributed by atoms with E-state index in [1.165, 1.54) is 20.3 Å². The molecular formula is C13H12F3N5O5S. The van der Waals surface area contributed by atoms with Crippen molar-refractivity contribution in [1.29, 1.82) is 0 Å². The number of pyridine rings is 1. The Balaban J connectivity index is 2.55. The van der Waals surface area contributed by atoms with Crippen LogP contribution in [0, 0.1) is 0 Å². The van der Waals surface area contributed by atoms with E-state index in [1.807, 2.05) is 5.32 Å². The molecule has 0 fully saturated rings. The van der Waals surface area contributed by atoms with E-state index in [1.54, 1.807) is 0 Å². The topological polar surface area (TPSA) is 146 Å². The summed E-state index contributed by atoms with van der Waals surface area (Å²) in [5.74, 6) is -1.84. The molecule has 0 aromatic carbocycles. The SMILES string of the molecule is COc1cc(OC)nc(NC(=O)c2ccnc(S(N)(=O)=O)c2C(F)(F)F)n1. The average Bonchev–Trinajstić information content (AvgIpc) is 2.59. The maximum absolute atomic E-state index is 13.4. The number of amides is 1. The first-order chi connectivity index (χ1) is 12.5. The molecule has 0 unspecified atom stereocenters. The minimum absolute atomic E-state index is 0.0341. The number of halogens is 3. The highest BCUT2D eigenvalue weighted by Crippen LogP contribution is 2.35. The van der Waals surface area contributed by atoms with Gasteiger partial charge in [-0.1, -0.05) is 0 Å². The fourth-order valence-electron chi connectivity index (χ4n) is 1.96. The van der Waals surface area contributed by atoms with E-state index >= 15 is 0 Å². The summed E-state index contributed by atoms with van der Waals surface area (Å²) >= 11 is 0. The number of aromatic nitrogens is 3. The van der Waals surface area contributed by atoms with Crippen LogP contribution >= 0.6 is 0 Å². The summed E-state index contributed by atoms with van der Waals surface area (Å²) in [6.07, 6.45) is -4.52. The lowest BCUT2D eigenvalue weighted by Crippen LogP contribution is -2.26. The van der Waals surface area contributed by atoms with Crippen LogP contribution in [-0.4, -0.2) is 43.5 Å². The van der Waals surface area contributed by atoms with Gasteiger partial charge in [0, 0.05) is 6.20 Å². The zero-order chi connectivity index (χ0) is 20.4. The van der Waals surface area contributed by atoms with Crippen LogP contribution in [0.2, 0.25) is 0 Å². The largest absolute Gasteiger partial charge is 0.481 e. The van der Waals surface area contributed by atoms with Crippen molar-refractivity contribution in [3.8, 4) is 11.8 Å². The summed E-state index contributed by atoms with van der Waals surface area (Å²) < 4.78 is 72.7. The highest BCUT2D eigenvalue weighted by atomic mass is 32.2. The number of hydrogen-bond acceptors (Lipinski definition) is 8. The zero-order valence-corrected chi connectivity index (χ0v) is 14.6. The molecule has 0 atom stereocenters. The van der Waals surface area contributed by atoms with Crippen molar-refractivity contribution in [3.05, 3.63) is 29.5 Å². The van der Waals surface area contributed by atoms with Gasteiger partial charge in [-0.15, -0.1) is 0 Å². The van der Waals surface area contributed by atoms with Crippen LogP contribution in [0.25, 0.3) is 0 Å². The maximum Gasteiger partial charge on any atom is 0.420 e. The molecule has 3 N–H and O–H groups in total. The Morgan fingerprint density at radius 1 is 1.19 bits per heavy atom. The second-order valence-corrected chi connectivity index (χ2v) is 6.29. The third kappa shape index (κ3) is 4.59. The minimum Gasteiger partial charge on any atom is -0.481 e. The Labute approximate surface area is 150 Å². The van der Waals surface area contributed by atoms with Crippen LogP contribution in [-0.2, 0) is 16.2 Å². The lowest BCUT2D eigenvalue weighted by atomic mass is 10.1. The van der Waals surface area contributed by atoms with Crippen LogP contribution in [0.5, 0.6) is 11.8 Å². The van der Waals surface area contributed by atoms with Gasteiger partial charge < -0.3 is 9.47 Å². The van der Waals surface area contributed by atoms with E-state index in [0.717, 1.165) is 0 Å². The molecule has 2 aromatic heterocycles. The van der Waals surface area contributed by atoms with E-state index in [4.69, 9.17) is 14.6 Å². The molecule has 0 radical (unpaired) electrons. The molecule has 0 saturated carbocycles. The van der Waals surface area contributed by atoms with Crippen molar-refractivity contribution in [2.24, 2.45) is 5.14 Å². The molecule has 0 spiro atoms. The molecule has 0 bridgehead atoms. The summed E-state index contributed by atoms with van der Waals surface area (Å²) in [7, 11) is -2.33. The van der Waals surface area contributed by atoms with Gasteiger partial charge in [-0.05, 0) is 6.07 Å². The van der Waals surface area contributed by atoms with Gasteiger partial charge in [0.1, 0.15) is 5.56 Å². The molecule has 2 aromatic rings. The Bertz CT molecular complexity index is 959. The first kappa shape index (κ1) is 20.3. The second-order valence-electron chi connectivity index (χ2n) is 4.81. The quantitative estimate of drug-likeness (QED) is 0.740. The minimum atomic E-state index is -5.23. The lowest BCUT2D eigenvalue weighted by Gasteiger charge is -2.15. The standard InChI is InChI=1S/C13H12F3N5O5S/c1-25-7-5-8(26-2)20-12(19-7)21-10(22)6-3-4-18-11(27(17,23)24)9(6)13(14,15)16/h3-5H,1-2H3,(H2,17,23,24)(H,19,20,21,22). The number of primary sulfonamides is 1. The molecular weight excluding hydrogens is 395 g/mol. The number of nitrogens with zero attached hydrogens (tertiary/aromatic N) is 3. The van der Waals surface area contributed by atoms with E-state index in [-0.39, 0.29) is 11.8 Å². The number of nitrogens with one attached hydrogen (secondary N) is 1. The van der Waals surface area contributed by atoms with E-state index in [2.05, 4.69) is 15.0 Å². The van der Waals surface area contributed by atoms with Gasteiger partial charge in [0.2, 0.25) is 17.7 Å². The predicted molar refractivity (Wildman–Crippen MR) is 83.7 cm³/mol. The Morgan fingerprint density at radius 2 is 1.74 bits per heavy atom. The summed E-state index contributed by atoms with van der Waals surface area (Å²) in [4.78, 5) is 22.9. The predicted octanol–water partition coefficient (Wildman–Crippen LogP) is 0.807. The number of hydrogen-bond donors (Lipinski definition) is 2. The first-order valence-corrected chi connectivity index (χ1v) is 8.39. The number of carbonyl (C=O) groups excluding carboxylic acids is 1. The molecule has 1 amide bonds. The van der Waals surface area contributed by atoms with Crippen molar-refractivity contribution < 1.29 is 35.9 Å². The summed E-state index contributed by atoms with van der Waals surface area (Å²) in [6.45, 7) is 0. The van der Waals surface area contributed by atoms with Gasteiger partial charge >= 0.3 is 6.18 Å². The van der Waals surface area contributed by atoms with Gasteiger partial charge in [0.15, 0.2) is 5.03 Å². The summed E-state index contributed by atoms with van der Waals surface area (Å²) in [6, 6.07) is 1.95. The van der Waals surface area contributed by atoms with E-state index in [0.29, 0.717) is 12.3 Å². The Kier molecular flexibility index (Phi) is 5.51. The van der Waals surface area contributed by atoms with Crippen molar-refractivity contribution in [2.75, 3.05) is 19.5 Å². The van der Waals surface area contributed by atoms with Gasteiger partial charge in [-0.25, -0.2) is 18.5 Å². The molecule has 146 valence electrons. The Hall–Kier alpha value is -3.00. The number of carbonyl (C=O) groups is 1. The second kappa shape index (κ2) is 7.32.